The average Bonchev–Trinajstić information content (AvgIpc) is 3.13. The molecule has 0 spiro atoms. The minimum Gasteiger partial charge on any atom is -0.465 e. The van der Waals surface area contributed by atoms with Crippen LogP contribution in [0.15, 0.2) is 59.6 Å². The van der Waals surface area contributed by atoms with Crippen LogP contribution in [0.25, 0.3) is 0 Å². The van der Waals surface area contributed by atoms with Crippen molar-refractivity contribution in [1.29, 1.82) is 0 Å². The van der Waals surface area contributed by atoms with E-state index in [0.29, 0.717) is 18.7 Å². The van der Waals surface area contributed by atoms with Crippen molar-refractivity contribution in [3.8, 4) is 0 Å². The van der Waals surface area contributed by atoms with E-state index in [9.17, 15) is 9.59 Å². The first-order chi connectivity index (χ1) is 12.7. The number of hydrogen-bond acceptors (Lipinski definition) is 5. The lowest BCUT2D eigenvalue weighted by Crippen LogP contribution is -2.30. The zero-order chi connectivity index (χ0) is 18.4. The summed E-state index contributed by atoms with van der Waals surface area (Å²) in [4.78, 5) is 30.5. The Balaban J connectivity index is 1.62. The first-order valence-corrected chi connectivity index (χ1v) is 9.33. The van der Waals surface area contributed by atoms with E-state index in [1.54, 1.807) is 23.9 Å². The molecule has 26 heavy (non-hydrogen) atoms. The number of esters is 1. The molecule has 0 atom stereocenters. The number of carbonyl (C=O) groups is 2. The van der Waals surface area contributed by atoms with E-state index in [0.717, 1.165) is 28.6 Å². The van der Waals surface area contributed by atoms with Gasteiger partial charge in [-0.25, -0.2) is 4.79 Å². The highest BCUT2D eigenvalue weighted by molar-refractivity contribution is 8.14. The molecular formula is C20H20N2O3S. The molecule has 134 valence electrons. The van der Waals surface area contributed by atoms with E-state index < -0.39 is 0 Å². The summed E-state index contributed by atoms with van der Waals surface area (Å²) in [5, 5.41) is 0.895. The molecule has 1 saturated heterocycles. The number of rotatable bonds is 6. The Labute approximate surface area is 157 Å². The summed E-state index contributed by atoms with van der Waals surface area (Å²) in [5.74, 6) is 0.686. The summed E-state index contributed by atoms with van der Waals surface area (Å²) in [6.45, 7) is 1.68. The van der Waals surface area contributed by atoms with Crippen molar-refractivity contribution < 1.29 is 14.3 Å². The first kappa shape index (κ1) is 18.2. The van der Waals surface area contributed by atoms with E-state index in [1.807, 2.05) is 47.4 Å². The van der Waals surface area contributed by atoms with Gasteiger partial charge < -0.3 is 9.64 Å². The van der Waals surface area contributed by atoms with Crippen LogP contribution in [0.3, 0.4) is 0 Å². The van der Waals surface area contributed by atoms with Crippen molar-refractivity contribution in [3.05, 3.63) is 71.3 Å². The average molecular weight is 368 g/mol. The lowest BCUT2D eigenvalue weighted by molar-refractivity contribution is 0.0600. The molecule has 1 aliphatic rings. The fourth-order valence-corrected chi connectivity index (χ4v) is 3.63. The molecule has 2 aromatic rings. The van der Waals surface area contributed by atoms with Crippen LogP contribution in [0.5, 0.6) is 0 Å². The van der Waals surface area contributed by atoms with Crippen LogP contribution >= 0.6 is 11.8 Å². The summed E-state index contributed by atoms with van der Waals surface area (Å²) in [7, 11) is 1.37. The van der Waals surface area contributed by atoms with Gasteiger partial charge in [0.15, 0.2) is 11.0 Å². The third kappa shape index (κ3) is 4.52. The second-order valence-electron chi connectivity index (χ2n) is 5.85. The number of ether oxygens (including phenoxy) is 1. The Kier molecular flexibility index (Phi) is 6.07. The van der Waals surface area contributed by atoms with E-state index in [4.69, 9.17) is 4.74 Å². The Bertz CT molecular complexity index is 804. The third-order valence-corrected chi connectivity index (χ3v) is 5.10. The van der Waals surface area contributed by atoms with Crippen LogP contribution in [0.4, 0.5) is 0 Å². The summed E-state index contributed by atoms with van der Waals surface area (Å²) in [5.41, 5.74) is 2.25. The highest BCUT2D eigenvalue weighted by atomic mass is 32.2. The van der Waals surface area contributed by atoms with Gasteiger partial charge in [-0.15, -0.1) is 0 Å². The number of benzene rings is 2. The topological polar surface area (TPSA) is 59.0 Å². The van der Waals surface area contributed by atoms with Crippen molar-refractivity contribution in [2.45, 2.75) is 6.54 Å². The smallest absolute Gasteiger partial charge is 0.337 e. The van der Waals surface area contributed by atoms with E-state index in [1.165, 1.54) is 7.11 Å². The monoisotopic (exact) mass is 368 g/mol. The highest BCUT2D eigenvalue weighted by Crippen LogP contribution is 2.19. The molecule has 2 aromatic carbocycles. The number of carbonyl (C=O) groups excluding carboxylic acids is 2. The number of methoxy groups -OCH3 is 1. The van der Waals surface area contributed by atoms with E-state index in [2.05, 4.69) is 4.99 Å². The summed E-state index contributed by atoms with van der Waals surface area (Å²) >= 11 is 1.67. The van der Waals surface area contributed by atoms with Crippen molar-refractivity contribution in [3.63, 3.8) is 0 Å². The fraction of sp³-hybridized carbons (Fsp3) is 0.250. The molecule has 6 heteroatoms. The number of thioether (sulfide) groups is 1. The largest absolute Gasteiger partial charge is 0.465 e. The first-order valence-electron chi connectivity index (χ1n) is 8.35. The van der Waals surface area contributed by atoms with Crippen LogP contribution in [-0.2, 0) is 11.3 Å². The minimum atomic E-state index is -0.347. The summed E-state index contributed by atoms with van der Waals surface area (Å²) in [6, 6.07) is 16.5. The van der Waals surface area contributed by atoms with Gasteiger partial charge in [-0.05, 0) is 17.7 Å². The highest BCUT2D eigenvalue weighted by Gasteiger charge is 2.22. The SMILES string of the molecule is COC(=O)c1ccc(CN=C2SCCN2CC(=O)c2ccccc2)cc1. The molecule has 0 amide bonds. The Morgan fingerprint density at radius 2 is 1.81 bits per heavy atom. The van der Waals surface area contributed by atoms with Gasteiger partial charge in [0, 0.05) is 17.9 Å². The molecule has 3 rings (SSSR count). The molecule has 0 saturated carbocycles. The van der Waals surface area contributed by atoms with Gasteiger partial charge in [0.2, 0.25) is 0 Å². The fourth-order valence-electron chi connectivity index (χ4n) is 2.64. The van der Waals surface area contributed by atoms with Crippen LogP contribution in [0.1, 0.15) is 26.3 Å². The van der Waals surface area contributed by atoms with Crippen molar-refractivity contribution in [1.82, 2.24) is 4.90 Å². The molecule has 0 N–H and O–H groups in total. The molecule has 5 nitrogen and oxygen atoms in total. The molecule has 0 unspecified atom stereocenters. The van der Waals surface area contributed by atoms with Gasteiger partial charge in [-0.2, -0.15) is 0 Å². The van der Waals surface area contributed by atoms with Crippen LogP contribution in [0, 0.1) is 0 Å². The third-order valence-electron chi connectivity index (χ3n) is 4.07. The maximum absolute atomic E-state index is 12.4. The lowest BCUT2D eigenvalue weighted by atomic mass is 10.1. The second kappa shape index (κ2) is 8.67. The van der Waals surface area contributed by atoms with Gasteiger partial charge >= 0.3 is 5.97 Å². The molecule has 1 fully saturated rings. The molecule has 1 heterocycles. The lowest BCUT2D eigenvalue weighted by Gasteiger charge is -2.17. The minimum absolute atomic E-state index is 0.100. The van der Waals surface area contributed by atoms with Crippen LogP contribution in [-0.4, -0.2) is 47.8 Å². The van der Waals surface area contributed by atoms with Crippen molar-refractivity contribution in [2.24, 2.45) is 4.99 Å². The molecule has 0 radical (unpaired) electrons. The number of hydrogen-bond donors (Lipinski definition) is 0. The van der Waals surface area contributed by atoms with Gasteiger partial charge in [0.1, 0.15) is 0 Å². The predicted octanol–water partition coefficient (Wildman–Crippen LogP) is 3.26. The Morgan fingerprint density at radius 3 is 2.50 bits per heavy atom. The number of ketones is 1. The van der Waals surface area contributed by atoms with Gasteiger partial charge in [-0.3, -0.25) is 9.79 Å². The van der Waals surface area contributed by atoms with Gasteiger partial charge in [0.25, 0.3) is 0 Å². The molecular weight excluding hydrogens is 348 g/mol. The maximum Gasteiger partial charge on any atom is 0.337 e. The maximum atomic E-state index is 12.4. The Hall–Kier alpha value is -2.60. The molecule has 1 aliphatic heterocycles. The number of Topliss-reactive ketones (excluding diaryl/α,β-unsaturated/α-hetero) is 1. The van der Waals surface area contributed by atoms with Gasteiger partial charge in [0.05, 0.1) is 25.8 Å². The molecule has 0 aromatic heterocycles. The number of nitrogens with zero attached hydrogens (tertiary/aromatic N) is 2. The second-order valence-corrected chi connectivity index (χ2v) is 6.91. The summed E-state index contributed by atoms with van der Waals surface area (Å²) in [6.07, 6.45) is 0. The quantitative estimate of drug-likeness (QED) is 0.579. The van der Waals surface area contributed by atoms with Crippen LogP contribution < -0.4 is 0 Å². The standard InChI is InChI=1S/C20H20N2O3S/c1-25-19(24)17-9-7-15(8-10-17)13-21-20-22(11-12-26-20)14-18(23)16-5-3-2-4-6-16/h2-10H,11-14H2,1H3. The zero-order valence-electron chi connectivity index (χ0n) is 14.6. The Morgan fingerprint density at radius 1 is 1.08 bits per heavy atom. The van der Waals surface area contributed by atoms with E-state index in [-0.39, 0.29) is 11.8 Å². The van der Waals surface area contributed by atoms with E-state index >= 15 is 0 Å². The summed E-state index contributed by atoms with van der Waals surface area (Å²) < 4.78 is 4.70. The predicted molar refractivity (Wildman–Crippen MR) is 104 cm³/mol. The van der Waals surface area contributed by atoms with Crippen LogP contribution in [0.2, 0.25) is 0 Å². The van der Waals surface area contributed by atoms with Gasteiger partial charge in [-0.1, -0.05) is 54.2 Å². The van der Waals surface area contributed by atoms with Crippen molar-refractivity contribution in [2.75, 3.05) is 26.0 Å². The number of amidine groups is 1. The zero-order valence-corrected chi connectivity index (χ0v) is 15.4. The van der Waals surface area contributed by atoms with Crippen molar-refractivity contribution >= 4 is 28.7 Å². The molecule has 0 aliphatic carbocycles. The molecule has 0 bridgehead atoms. The number of aliphatic imine (C=N–C) groups is 1. The normalized spacial score (nSPS) is 15.3.